The van der Waals surface area contributed by atoms with Crippen LogP contribution >= 0.6 is 0 Å². The maximum absolute atomic E-state index is 0. The molecule has 0 spiro atoms. The fourth-order valence-corrected chi connectivity index (χ4v) is 0. The minimum atomic E-state index is 0. The van der Waals surface area contributed by atoms with Crippen LogP contribution in [0.15, 0.2) is 0 Å². The monoisotopic (exact) mass is 296 g/mol. The van der Waals surface area contributed by atoms with Gasteiger partial charge in [0.05, 0.1) is 0 Å². The molecule has 0 unspecified atom stereocenters. The molecule has 0 nitrogen and oxygen atoms in total. The van der Waals surface area contributed by atoms with Crippen LogP contribution in [0.2, 0.25) is 0 Å². The first-order valence-electron chi connectivity index (χ1n) is 0. The molecule has 0 heterocycles. The molecular formula is Br3Co. The van der Waals surface area contributed by atoms with Gasteiger partial charge in [0.2, 0.25) is 0 Å². The van der Waals surface area contributed by atoms with Gasteiger partial charge in [-0.15, -0.1) is 0 Å². The van der Waals surface area contributed by atoms with Crippen LogP contribution in [0.4, 0.5) is 0 Å². The molecule has 0 aromatic heterocycles. The van der Waals surface area contributed by atoms with Gasteiger partial charge >= 0.3 is 16.8 Å². The summed E-state index contributed by atoms with van der Waals surface area (Å²) in [7, 11) is 0. The van der Waals surface area contributed by atoms with Crippen LogP contribution in [0, 0.1) is 0 Å². The number of rotatable bonds is 0. The Kier molecular flexibility index (Phi) is 195. The van der Waals surface area contributed by atoms with Crippen molar-refractivity contribution in [3.8, 4) is 0 Å². The Labute approximate surface area is 67.2 Å². The predicted octanol–water partition coefficient (Wildman–Crippen LogP) is -8.99. The predicted molar refractivity (Wildman–Crippen MR) is 0 cm³/mol. The Morgan fingerprint density at radius 3 is 0.500 bits per heavy atom. The van der Waals surface area contributed by atoms with Crippen LogP contribution in [0.25, 0.3) is 0 Å². The van der Waals surface area contributed by atoms with E-state index in [4.69, 9.17) is 0 Å². The SMILES string of the molecule is [Br-].[Br-].[Br-].[Co+3]. The molecule has 0 aliphatic heterocycles. The van der Waals surface area contributed by atoms with Crippen LogP contribution in [0.3, 0.4) is 0 Å². The van der Waals surface area contributed by atoms with E-state index in [2.05, 4.69) is 0 Å². The van der Waals surface area contributed by atoms with E-state index in [1.54, 1.807) is 0 Å². The van der Waals surface area contributed by atoms with E-state index >= 15 is 0 Å². The summed E-state index contributed by atoms with van der Waals surface area (Å²) in [5.41, 5.74) is 0. The number of halogens is 3. The number of hydrogen-bond donors (Lipinski definition) is 0. The molecule has 0 rings (SSSR count). The Morgan fingerprint density at radius 1 is 0.500 bits per heavy atom. The summed E-state index contributed by atoms with van der Waals surface area (Å²) in [5.74, 6) is 0. The molecule has 0 atom stereocenters. The topological polar surface area (TPSA) is 0 Å². The Morgan fingerprint density at radius 2 is 0.500 bits per heavy atom. The number of hydrogen-bond acceptors (Lipinski definition) is 0. The molecule has 0 radical (unpaired) electrons. The van der Waals surface area contributed by atoms with Crippen molar-refractivity contribution in [3.63, 3.8) is 0 Å². The van der Waals surface area contributed by atoms with E-state index in [1.165, 1.54) is 0 Å². The van der Waals surface area contributed by atoms with Crippen molar-refractivity contribution in [3.05, 3.63) is 0 Å². The Bertz CT molecular complexity index is 3.25. The summed E-state index contributed by atoms with van der Waals surface area (Å²) >= 11 is 0. The van der Waals surface area contributed by atoms with E-state index in [9.17, 15) is 0 Å². The summed E-state index contributed by atoms with van der Waals surface area (Å²) in [6, 6.07) is 0. The van der Waals surface area contributed by atoms with Gasteiger partial charge in [0.1, 0.15) is 0 Å². The van der Waals surface area contributed by atoms with E-state index in [0.29, 0.717) is 0 Å². The van der Waals surface area contributed by atoms with Crippen molar-refractivity contribution in [1.82, 2.24) is 0 Å². The van der Waals surface area contributed by atoms with Gasteiger partial charge in [0.15, 0.2) is 0 Å². The largest absolute Gasteiger partial charge is 3.00 e. The van der Waals surface area contributed by atoms with Crippen LogP contribution < -0.4 is 50.9 Å². The average Bonchev–Trinajstić information content (AvgIpc) is 0. The second-order valence-electron chi connectivity index (χ2n) is 0. The maximum Gasteiger partial charge on any atom is 3.00 e. The fraction of sp³-hybridized carbons (Fsp3) is 0. The molecule has 0 aliphatic rings. The molecule has 0 fully saturated rings. The van der Waals surface area contributed by atoms with Crippen molar-refractivity contribution in [2.24, 2.45) is 0 Å². The van der Waals surface area contributed by atoms with Crippen LogP contribution in [0.1, 0.15) is 0 Å². The third-order valence-electron chi connectivity index (χ3n) is 0. The normalized spacial score (nSPS) is 0. The van der Waals surface area contributed by atoms with Gasteiger partial charge in [-0.25, -0.2) is 0 Å². The molecule has 30 valence electrons. The zero-order valence-corrected chi connectivity index (χ0v) is 7.27. The maximum atomic E-state index is 0. The molecule has 4 heavy (non-hydrogen) atoms. The summed E-state index contributed by atoms with van der Waals surface area (Å²) < 4.78 is 0. The van der Waals surface area contributed by atoms with Crippen molar-refractivity contribution in [2.75, 3.05) is 0 Å². The zero-order valence-electron chi connectivity index (χ0n) is 1.47. The van der Waals surface area contributed by atoms with Crippen molar-refractivity contribution < 1.29 is 67.7 Å². The standard InChI is InChI=1S/3BrH.Co/h3*1H;/q;;;+3/p-3. The average molecular weight is 299 g/mol. The smallest absolute Gasteiger partial charge is 1.00 e. The Hall–Kier alpha value is 1.95. The summed E-state index contributed by atoms with van der Waals surface area (Å²) in [6.07, 6.45) is 0. The van der Waals surface area contributed by atoms with E-state index in [0.717, 1.165) is 0 Å². The van der Waals surface area contributed by atoms with Gasteiger partial charge in [-0.1, -0.05) is 0 Å². The molecule has 0 aromatic carbocycles. The van der Waals surface area contributed by atoms with Gasteiger partial charge in [-0.2, -0.15) is 0 Å². The van der Waals surface area contributed by atoms with E-state index in [1.807, 2.05) is 0 Å². The van der Waals surface area contributed by atoms with Gasteiger partial charge < -0.3 is 50.9 Å². The minimum Gasteiger partial charge on any atom is -1.00 e. The Balaban J connectivity index is 0. The summed E-state index contributed by atoms with van der Waals surface area (Å²) in [5, 5.41) is 0. The molecular weight excluding hydrogens is 299 g/mol. The van der Waals surface area contributed by atoms with Gasteiger partial charge in [-0.05, 0) is 0 Å². The van der Waals surface area contributed by atoms with Crippen LogP contribution in [0.5, 0.6) is 0 Å². The second kappa shape index (κ2) is 20.3. The van der Waals surface area contributed by atoms with Gasteiger partial charge in [-0.3, -0.25) is 0 Å². The molecule has 0 aromatic rings. The summed E-state index contributed by atoms with van der Waals surface area (Å²) in [4.78, 5) is 0. The van der Waals surface area contributed by atoms with Crippen LogP contribution in [-0.4, -0.2) is 0 Å². The minimum absolute atomic E-state index is 0. The molecule has 0 saturated heterocycles. The second-order valence-corrected chi connectivity index (χ2v) is 0. The van der Waals surface area contributed by atoms with Crippen molar-refractivity contribution in [1.29, 1.82) is 0 Å². The van der Waals surface area contributed by atoms with Gasteiger partial charge in [0, 0.05) is 0 Å². The first-order chi connectivity index (χ1) is 0. The van der Waals surface area contributed by atoms with E-state index < -0.39 is 0 Å². The third-order valence-corrected chi connectivity index (χ3v) is 0. The fourth-order valence-electron chi connectivity index (χ4n) is 0. The van der Waals surface area contributed by atoms with Crippen molar-refractivity contribution in [2.45, 2.75) is 0 Å². The zero-order chi connectivity index (χ0) is 0. The molecule has 0 N–H and O–H groups in total. The molecule has 0 amide bonds. The molecule has 0 saturated carbocycles. The third kappa shape index (κ3) is 9.04. The summed E-state index contributed by atoms with van der Waals surface area (Å²) in [6.45, 7) is 0. The quantitative estimate of drug-likeness (QED) is 0.417. The van der Waals surface area contributed by atoms with E-state index in [-0.39, 0.29) is 67.7 Å². The van der Waals surface area contributed by atoms with Crippen LogP contribution in [-0.2, 0) is 16.8 Å². The first kappa shape index (κ1) is 38.4. The molecule has 4 heteroatoms. The van der Waals surface area contributed by atoms with Crippen molar-refractivity contribution >= 4 is 0 Å². The molecule has 0 aliphatic carbocycles. The first-order valence-corrected chi connectivity index (χ1v) is 0. The van der Waals surface area contributed by atoms with Gasteiger partial charge in [0.25, 0.3) is 0 Å². The molecule has 0 bridgehead atoms.